The summed E-state index contributed by atoms with van der Waals surface area (Å²) in [6.45, 7) is 0. The zero-order chi connectivity index (χ0) is 60.5. The van der Waals surface area contributed by atoms with Gasteiger partial charge < -0.3 is 50.1 Å². The molecule has 0 aliphatic carbocycles. The van der Waals surface area contributed by atoms with Crippen LogP contribution in [0.4, 0.5) is 51.2 Å². The summed E-state index contributed by atoms with van der Waals surface area (Å²) in [7, 11) is -27.1. The fourth-order valence-electron chi connectivity index (χ4n) is 7.58. The van der Waals surface area contributed by atoms with Gasteiger partial charge in [-0.3, -0.25) is 32.1 Å². The minimum Gasteiger partial charge on any atom is -0.505 e. The van der Waals surface area contributed by atoms with Gasteiger partial charge in [-0.15, -0.1) is 0 Å². The third-order valence-corrected chi connectivity index (χ3v) is 16.6. The Morgan fingerprint density at radius 2 is 0.728 bits per heavy atom. The highest BCUT2D eigenvalue weighted by Crippen LogP contribution is 2.41. The van der Waals surface area contributed by atoms with Crippen molar-refractivity contribution < 1.29 is 87.7 Å². The Kier molecular flexibility index (Phi) is 17.4. The maximum absolute atomic E-state index is 11.9. The van der Waals surface area contributed by atoms with Crippen molar-refractivity contribution in [2.24, 2.45) is 0 Å². The predicted molar refractivity (Wildman–Crippen MR) is 302 cm³/mol. The standard InChI is InChI=1S/C16H14N2O10S3.C11H10N2O4S.2C10H10N2O3S/c17-15-14(31(26,27)28)5-8-4-13(30(23,24)25)12(7-11(8)16(15)19)18-9-2-1-3-10(6-9)29(20,21)22;12-10-3-4-11(13-6-14)9-5-7(18(15,16)17)1-2-8(9)10;2*11-9-3-4-10(12)8-5-6(16(13,14)15)1-2-7(8)9/h1-7,18-19H,17H2,(H,20,21,22)(H,23,24,25)(H,26,27,28);1-6H,12H2,(H,13,14)(H,15,16,17);2*1-5H,11-12H2,(H,13,14,15). The van der Waals surface area contributed by atoms with Crippen LogP contribution in [0, 0.1) is 0 Å². The van der Waals surface area contributed by atoms with Crippen molar-refractivity contribution >= 4 is 161 Å². The number of rotatable bonds is 10. The van der Waals surface area contributed by atoms with E-state index < -0.39 is 86.8 Å². The number of hydrogen-bond acceptors (Lipinski definition) is 21. The lowest BCUT2D eigenvalue weighted by Crippen LogP contribution is -2.06. The molecule has 0 aliphatic heterocycles. The molecule has 9 aromatic rings. The first-order valence-electron chi connectivity index (χ1n) is 21.8. The number of phenolic OH excluding ortho intramolecular Hbond substituents is 1. The highest BCUT2D eigenvalue weighted by Gasteiger charge is 2.24. The average Bonchev–Trinajstić information content (AvgIpc) is 3.40. The maximum Gasteiger partial charge on any atom is 0.296 e. The monoisotopic (exact) mass is 1230 g/mol. The first-order valence-corrected chi connectivity index (χ1v) is 30.4. The largest absolute Gasteiger partial charge is 0.505 e. The molecule has 1 amide bonds. The van der Waals surface area contributed by atoms with Crippen LogP contribution in [-0.2, 0) is 65.5 Å². The lowest BCUT2D eigenvalue weighted by atomic mass is 10.1. The first-order chi connectivity index (χ1) is 37.3. The highest BCUT2D eigenvalue weighted by molar-refractivity contribution is 7.87. The third kappa shape index (κ3) is 14.4. The molecule has 0 aromatic heterocycles. The zero-order valence-corrected chi connectivity index (χ0v) is 45.5. The van der Waals surface area contributed by atoms with E-state index in [4.69, 9.17) is 52.6 Å². The molecule has 9 aromatic carbocycles. The Bertz CT molecular complexity index is 4650. The topological polar surface area (TPSA) is 544 Å². The minimum absolute atomic E-state index is 0.0126. The molecule has 9 rings (SSSR count). The van der Waals surface area contributed by atoms with Crippen molar-refractivity contribution in [3.8, 4) is 5.75 Å². The van der Waals surface area contributed by atoms with Crippen LogP contribution >= 0.6 is 0 Å². The number of hydrogen-bond donors (Lipinski definition) is 15. The molecule has 0 fully saturated rings. The van der Waals surface area contributed by atoms with E-state index >= 15 is 0 Å². The molecular weight excluding hydrogens is 1190 g/mol. The van der Waals surface area contributed by atoms with Crippen molar-refractivity contribution in [2.75, 3.05) is 45.0 Å². The Morgan fingerprint density at radius 1 is 0.358 bits per heavy atom. The smallest absolute Gasteiger partial charge is 0.296 e. The van der Waals surface area contributed by atoms with Crippen molar-refractivity contribution in [3.05, 3.63) is 133 Å². The number of nitrogens with two attached hydrogens (primary N) is 6. The van der Waals surface area contributed by atoms with Crippen molar-refractivity contribution in [1.82, 2.24) is 0 Å². The van der Waals surface area contributed by atoms with Crippen LogP contribution in [-0.4, -0.2) is 89.3 Å². The van der Waals surface area contributed by atoms with Gasteiger partial charge in [0.15, 0.2) is 0 Å². The fourth-order valence-corrected chi connectivity index (χ4v) is 10.9. The van der Waals surface area contributed by atoms with Crippen LogP contribution in [0.25, 0.3) is 43.1 Å². The van der Waals surface area contributed by atoms with E-state index in [1.807, 2.05) is 0 Å². The molecule has 28 nitrogen and oxygen atoms in total. The van der Waals surface area contributed by atoms with Crippen molar-refractivity contribution in [2.45, 2.75) is 29.4 Å². The summed E-state index contributed by atoms with van der Waals surface area (Å²) >= 11 is 0. The maximum atomic E-state index is 11.9. The van der Waals surface area contributed by atoms with E-state index in [1.165, 1.54) is 66.7 Å². The number of carbonyl (C=O) groups excluding carboxylic acids is 1. The fraction of sp³-hybridized carbons (Fsp3) is 0. The molecule has 0 spiro atoms. The zero-order valence-electron chi connectivity index (χ0n) is 40.6. The molecule has 428 valence electrons. The number of carbonyl (C=O) groups is 1. The van der Waals surface area contributed by atoms with Gasteiger partial charge in [-0.05, 0) is 115 Å². The summed E-state index contributed by atoms with van der Waals surface area (Å²) in [6.07, 6.45) is 0.477. The molecule has 0 atom stereocenters. The Labute approximate surface area is 460 Å². The van der Waals surface area contributed by atoms with Gasteiger partial charge in [-0.2, -0.15) is 50.5 Å². The summed E-state index contributed by atoms with van der Waals surface area (Å²) in [5.74, 6) is -0.790. The van der Waals surface area contributed by atoms with Crippen molar-refractivity contribution in [1.29, 1.82) is 0 Å². The second-order valence-electron chi connectivity index (χ2n) is 16.8. The average molecular weight is 1230 g/mol. The van der Waals surface area contributed by atoms with Crippen molar-refractivity contribution in [3.63, 3.8) is 0 Å². The van der Waals surface area contributed by atoms with Gasteiger partial charge in [0.25, 0.3) is 60.7 Å². The van der Waals surface area contributed by atoms with E-state index in [0.717, 1.165) is 30.3 Å². The van der Waals surface area contributed by atoms with Crippen LogP contribution in [0.1, 0.15) is 0 Å². The first kappa shape index (κ1) is 61.6. The summed E-state index contributed by atoms with van der Waals surface area (Å²) < 4.78 is 190. The van der Waals surface area contributed by atoms with Gasteiger partial charge in [-0.25, -0.2) is 0 Å². The number of amides is 1. The molecule has 34 heteroatoms. The molecule has 0 aliphatic rings. The van der Waals surface area contributed by atoms with Crippen LogP contribution in [0.2, 0.25) is 0 Å². The molecule has 81 heavy (non-hydrogen) atoms. The number of anilines is 9. The molecule has 0 radical (unpaired) electrons. The molecule has 0 saturated heterocycles. The summed E-state index contributed by atoms with van der Waals surface area (Å²) in [4.78, 5) is 7.69. The Hall–Kier alpha value is -8.65. The van der Waals surface area contributed by atoms with E-state index in [9.17, 15) is 69.5 Å². The lowest BCUT2D eigenvalue weighted by Gasteiger charge is -2.15. The summed E-state index contributed by atoms with van der Waals surface area (Å²) in [5.41, 5.74) is 35.8. The van der Waals surface area contributed by atoms with Crippen LogP contribution < -0.4 is 45.0 Å². The SMILES string of the molecule is Nc1c(S(=O)(=O)O)cc2cc(S(=O)(=O)O)c(Nc3cccc(S(=O)(=O)O)c3)cc2c1O.Nc1ccc(N)c2cc(S(=O)(=O)O)ccc12.Nc1ccc(N)c2cc(S(=O)(=O)O)ccc12.Nc1ccc(NC=O)c2cc(S(=O)(=O)O)ccc12. The number of phenols is 1. The van der Waals surface area contributed by atoms with Gasteiger partial charge in [0.2, 0.25) is 6.41 Å². The molecule has 0 saturated carbocycles. The number of benzene rings is 9. The number of aromatic hydroxyl groups is 1. The van der Waals surface area contributed by atoms with Gasteiger partial charge in [-0.1, -0.05) is 24.3 Å². The number of nitrogens with one attached hydrogen (secondary N) is 2. The minimum atomic E-state index is -4.91. The molecule has 0 heterocycles. The summed E-state index contributed by atoms with van der Waals surface area (Å²) in [5, 5.41) is 18.3. The Balaban J connectivity index is 0.000000182. The highest BCUT2D eigenvalue weighted by atomic mass is 32.2. The third-order valence-electron chi connectivity index (χ3n) is 11.4. The number of fused-ring (bicyclic) bond motifs is 4. The van der Waals surface area contributed by atoms with Gasteiger partial charge in [0.1, 0.15) is 15.5 Å². The van der Waals surface area contributed by atoms with E-state index in [1.54, 1.807) is 36.4 Å². The second-order valence-corrected chi connectivity index (χ2v) is 25.3. The normalized spacial score (nSPS) is 12.1. The molecule has 21 N–H and O–H groups in total. The molecule has 0 unspecified atom stereocenters. The molecular formula is C47H44N8O20S6. The Morgan fingerprint density at radius 3 is 1.14 bits per heavy atom. The quantitative estimate of drug-likeness (QED) is 0.0355. The van der Waals surface area contributed by atoms with E-state index in [-0.39, 0.29) is 36.8 Å². The molecule has 0 bridgehead atoms. The van der Waals surface area contributed by atoms with Crippen LogP contribution in [0.3, 0.4) is 0 Å². The predicted octanol–water partition coefficient (Wildman–Crippen LogP) is 5.35. The van der Waals surface area contributed by atoms with Crippen LogP contribution in [0.15, 0.2) is 163 Å². The van der Waals surface area contributed by atoms with E-state index in [2.05, 4.69) is 10.6 Å². The van der Waals surface area contributed by atoms with Crippen LogP contribution in [0.5, 0.6) is 5.75 Å². The second kappa shape index (κ2) is 22.8. The van der Waals surface area contributed by atoms with Gasteiger partial charge in [0.05, 0.1) is 31.0 Å². The van der Waals surface area contributed by atoms with Gasteiger partial charge >= 0.3 is 0 Å². The number of nitrogen functional groups attached to an aromatic ring is 6. The van der Waals surface area contributed by atoms with Gasteiger partial charge in [0, 0.05) is 77.5 Å². The summed E-state index contributed by atoms with van der Waals surface area (Å²) in [6, 6.07) is 29.1. The van der Waals surface area contributed by atoms with E-state index in [0.29, 0.717) is 72.9 Å². The lowest BCUT2D eigenvalue weighted by molar-refractivity contribution is -0.105.